The van der Waals surface area contributed by atoms with Crippen LogP contribution in [-0.4, -0.2) is 36.8 Å². The molecule has 0 atom stereocenters. The number of rotatable bonds is 8. The Labute approximate surface area is 190 Å². The minimum absolute atomic E-state index is 0.338. The van der Waals surface area contributed by atoms with E-state index in [1.165, 1.54) is 31.4 Å². The third kappa shape index (κ3) is 6.06. The van der Waals surface area contributed by atoms with Gasteiger partial charge in [0.25, 0.3) is 0 Å². The highest BCUT2D eigenvalue weighted by atomic mass is 19.4. The van der Waals surface area contributed by atoms with Gasteiger partial charge in [0.1, 0.15) is 0 Å². The maximum atomic E-state index is 12.8. The zero-order chi connectivity index (χ0) is 23.3. The molecule has 0 N–H and O–H groups in total. The second-order valence-electron chi connectivity index (χ2n) is 8.38. The molecule has 10 heteroatoms. The second kappa shape index (κ2) is 10.3. The Bertz CT molecular complexity index is 1050. The van der Waals surface area contributed by atoms with Gasteiger partial charge in [0.05, 0.1) is 18.2 Å². The van der Waals surface area contributed by atoms with Gasteiger partial charge in [0.15, 0.2) is 11.6 Å². The number of aromatic nitrogens is 6. The standard InChI is InChI=1S/C23H27F3N6O/c1-16-15-21(28-22(27-16)17-10-12-18(13-11-17)23(24,25)26)33-14-6-5-9-20-29-30-31-32(20)19-7-3-2-4-8-19/h10-13,15,19H,2-9,14H2,1H3. The fourth-order valence-corrected chi connectivity index (χ4v) is 4.10. The van der Waals surface area contributed by atoms with Crippen LogP contribution in [0.3, 0.4) is 0 Å². The Hall–Kier alpha value is -3.04. The van der Waals surface area contributed by atoms with Crippen LogP contribution >= 0.6 is 0 Å². The highest BCUT2D eigenvalue weighted by molar-refractivity contribution is 5.56. The fraction of sp³-hybridized carbons (Fsp3) is 0.522. The highest BCUT2D eigenvalue weighted by Gasteiger charge is 2.30. The van der Waals surface area contributed by atoms with Crippen LogP contribution in [-0.2, 0) is 12.6 Å². The maximum absolute atomic E-state index is 12.8. The molecule has 7 nitrogen and oxygen atoms in total. The predicted octanol–water partition coefficient (Wildman–Crippen LogP) is 5.36. The normalized spacial score (nSPS) is 15.0. The van der Waals surface area contributed by atoms with Crippen molar-refractivity contribution in [3.8, 4) is 17.3 Å². The molecular weight excluding hydrogens is 433 g/mol. The van der Waals surface area contributed by atoms with Crippen molar-refractivity contribution in [2.24, 2.45) is 0 Å². The molecule has 1 aliphatic rings. The van der Waals surface area contributed by atoms with Gasteiger partial charge in [-0.2, -0.15) is 18.2 Å². The van der Waals surface area contributed by atoms with Crippen molar-refractivity contribution in [2.45, 2.75) is 70.5 Å². The molecule has 4 rings (SSSR count). The molecule has 0 spiro atoms. The monoisotopic (exact) mass is 460 g/mol. The first-order valence-electron chi connectivity index (χ1n) is 11.3. The summed E-state index contributed by atoms with van der Waals surface area (Å²) in [6.45, 7) is 2.26. The van der Waals surface area contributed by atoms with Crippen LogP contribution in [0.4, 0.5) is 13.2 Å². The Balaban J connectivity index is 1.30. The van der Waals surface area contributed by atoms with Gasteiger partial charge in [-0.25, -0.2) is 9.67 Å². The molecule has 0 saturated heterocycles. The number of benzene rings is 1. The summed E-state index contributed by atoms with van der Waals surface area (Å²) in [6.07, 6.45) is 4.10. The summed E-state index contributed by atoms with van der Waals surface area (Å²) in [6, 6.07) is 6.94. The summed E-state index contributed by atoms with van der Waals surface area (Å²) in [5.74, 6) is 1.67. The van der Waals surface area contributed by atoms with Crippen LogP contribution in [0.1, 0.15) is 68.1 Å². The van der Waals surface area contributed by atoms with Crippen LogP contribution in [0.5, 0.6) is 5.88 Å². The van der Waals surface area contributed by atoms with Gasteiger partial charge in [-0.05, 0) is 55.2 Å². The average Bonchev–Trinajstić information content (AvgIpc) is 3.27. The van der Waals surface area contributed by atoms with E-state index in [2.05, 4.69) is 25.5 Å². The Morgan fingerprint density at radius 1 is 1.03 bits per heavy atom. The minimum atomic E-state index is -4.38. The van der Waals surface area contributed by atoms with E-state index in [4.69, 9.17) is 4.74 Å². The molecule has 3 aromatic rings. The van der Waals surface area contributed by atoms with Crippen molar-refractivity contribution in [3.05, 3.63) is 47.4 Å². The maximum Gasteiger partial charge on any atom is 0.416 e. The molecule has 1 aromatic carbocycles. The largest absolute Gasteiger partial charge is 0.478 e. The van der Waals surface area contributed by atoms with Crippen LogP contribution < -0.4 is 4.74 Å². The van der Waals surface area contributed by atoms with E-state index in [0.29, 0.717) is 35.6 Å². The number of nitrogens with zero attached hydrogens (tertiary/aromatic N) is 6. The van der Waals surface area contributed by atoms with Crippen molar-refractivity contribution in [2.75, 3.05) is 6.61 Å². The van der Waals surface area contributed by atoms with Gasteiger partial charge in [0.2, 0.25) is 5.88 Å². The smallest absolute Gasteiger partial charge is 0.416 e. The fourth-order valence-electron chi connectivity index (χ4n) is 4.10. The molecule has 0 amide bonds. The van der Waals surface area contributed by atoms with E-state index in [-0.39, 0.29) is 0 Å². The van der Waals surface area contributed by atoms with E-state index in [9.17, 15) is 13.2 Å². The summed E-state index contributed by atoms with van der Waals surface area (Å²) in [5, 5.41) is 12.3. The van der Waals surface area contributed by atoms with E-state index in [0.717, 1.165) is 50.1 Å². The van der Waals surface area contributed by atoms with Gasteiger partial charge in [-0.15, -0.1) is 5.10 Å². The number of hydrogen-bond acceptors (Lipinski definition) is 6. The molecule has 1 fully saturated rings. The lowest BCUT2D eigenvalue weighted by atomic mass is 9.95. The summed E-state index contributed by atoms with van der Waals surface area (Å²) in [4.78, 5) is 8.70. The molecule has 1 aliphatic carbocycles. The Morgan fingerprint density at radius 2 is 1.79 bits per heavy atom. The van der Waals surface area contributed by atoms with Crippen LogP contribution in [0, 0.1) is 6.92 Å². The van der Waals surface area contributed by atoms with E-state index >= 15 is 0 Å². The lowest BCUT2D eigenvalue weighted by Crippen LogP contribution is -2.17. The van der Waals surface area contributed by atoms with Crippen molar-refractivity contribution in [3.63, 3.8) is 0 Å². The summed E-state index contributed by atoms with van der Waals surface area (Å²) in [5.41, 5.74) is 0.484. The van der Waals surface area contributed by atoms with Gasteiger partial charge in [0, 0.05) is 23.7 Å². The van der Waals surface area contributed by atoms with E-state index in [1.807, 2.05) is 4.68 Å². The molecular formula is C23H27F3N6O. The number of unbranched alkanes of at least 4 members (excludes halogenated alkanes) is 1. The quantitative estimate of drug-likeness (QED) is 0.421. The highest BCUT2D eigenvalue weighted by Crippen LogP contribution is 2.31. The van der Waals surface area contributed by atoms with Crippen LogP contribution in [0.25, 0.3) is 11.4 Å². The lowest BCUT2D eigenvalue weighted by molar-refractivity contribution is -0.137. The topological polar surface area (TPSA) is 78.6 Å². The van der Waals surface area contributed by atoms with Crippen LogP contribution in [0.2, 0.25) is 0 Å². The first-order chi connectivity index (χ1) is 15.9. The summed E-state index contributed by atoms with van der Waals surface area (Å²) < 4.78 is 46.2. The summed E-state index contributed by atoms with van der Waals surface area (Å²) >= 11 is 0. The molecule has 176 valence electrons. The zero-order valence-corrected chi connectivity index (χ0v) is 18.6. The molecule has 1 saturated carbocycles. The van der Waals surface area contributed by atoms with Crippen molar-refractivity contribution >= 4 is 0 Å². The van der Waals surface area contributed by atoms with Gasteiger partial charge in [-0.3, -0.25) is 0 Å². The molecule has 0 unspecified atom stereocenters. The number of ether oxygens (including phenoxy) is 1. The molecule has 2 aromatic heterocycles. The lowest BCUT2D eigenvalue weighted by Gasteiger charge is -2.22. The minimum Gasteiger partial charge on any atom is -0.478 e. The van der Waals surface area contributed by atoms with Crippen molar-refractivity contribution < 1.29 is 17.9 Å². The molecule has 0 radical (unpaired) electrons. The first-order valence-corrected chi connectivity index (χ1v) is 11.3. The third-order valence-electron chi connectivity index (χ3n) is 5.83. The molecule has 0 bridgehead atoms. The van der Waals surface area contributed by atoms with Crippen LogP contribution in [0.15, 0.2) is 30.3 Å². The molecule has 33 heavy (non-hydrogen) atoms. The van der Waals surface area contributed by atoms with Crippen molar-refractivity contribution in [1.82, 2.24) is 30.2 Å². The van der Waals surface area contributed by atoms with Gasteiger partial charge in [-0.1, -0.05) is 31.4 Å². The molecule has 0 aliphatic heterocycles. The first kappa shape index (κ1) is 23.1. The van der Waals surface area contributed by atoms with Crippen molar-refractivity contribution in [1.29, 1.82) is 0 Å². The zero-order valence-electron chi connectivity index (χ0n) is 18.6. The number of halogens is 3. The van der Waals surface area contributed by atoms with E-state index < -0.39 is 11.7 Å². The number of hydrogen-bond donors (Lipinski definition) is 0. The van der Waals surface area contributed by atoms with E-state index in [1.54, 1.807) is 13.0 Å². The number of aryl methyl sites for hydroxylation is 2. The average molecular weight is 461 g/mol. The third-order valence-corrected chi connectivity index (χ3v) is 5.83. The Kier molecular flexibility index (Phi) is 7.20. The van der Waals surface area contributed by atoms with Gasteiger partial charge < -0.3 is 4.74 Å². The SMILES string of the molecule is Cc1cc(OCCCCc2nnnn2C2CCCCC2)nc(-c2ccc(C(F)(F)F)cc2)n1. The summed E-state index contributed by atoms with van der Waals surface area (Å²) in [7, 11) is 0. The molecule has 2 heterocycles. The Morgan fingerprint density at radius 3 is 2.52 bits per heavy atom. The number of alkyl halides is 3. The second-order valence-corrected chi connectivity index (χ2v) is 8.38. The van der Waals surface area contributed by atoms with Gasteiger partial charge >= 0.3 is 6.18 Å². The number of tetrazole rings is 1. The predicted molar refractivity (Wildman–Crippen MR) is 116 cm³/mol.